The summed E-state index contributed by atoms with van der Waals surface area (Å²) >= 11 is 1.87. The first-order valence-electron chi connectivity index (χ1n) is 17.9. The number of hydrogen-bond donors (Lipinski definition) is 2. The van der Waals surface area contributed by atoms with Crippen molar-refractivity contribution in [3.05, 3.63) is 163 Å². The SMILES string of the molecule is C[NH+]1CC=C(c2ccc3sc4ccccc4c3c2)NC1n1c2ccccc2c2ccc(-c3cccc(-c4cccc5c4oc4ccccc45)c3)cc21. The van der Waals surface area contributed by atoms with E-state index in [2.05, 4.69) is 163 Å². The standard InChI is InChI=1S/C47H33N3OS/c1-49-25-24-40(32-21-23-45-39(27-32)37-14-4-7-19-44(37)52-45)48-47(49)50-41-17-5-2-12-34(41)35-22-20-30(28-42(35)50)29-10-8-11-31(26-29)33-15-9-16-38-36-13-3-6-18-43(36)51-46(33)38/h2-24,26-28,47-48H,25H2,1H3/p+1. The number of likely N-dealkylation sites (N-methyl/N-ethyl adjacent to an activating group) is 1. The smallest absolute Gasteiger partial charge is 0.246 e. The van der Waals surface area contributed by atoms with Gasteiger partial charge in [-0.05, 0) is 70.8 Å². The Labute approximate surface area is 304 Å². The monoisotopic (exact) mass is 688 g/mol. The molecule has 7 aromatic carbocycles. The molecular formula is C47H34N3OS+. The molecule has 0 spiro atoms. The highest BCUT2D eigenvalue weighted by atomic mass is 32.1. The Hall–Kier alpha value is -6.14. The molecular weight excluding hydrogens is 655 g/mol. The number of rotatable bonds is 4. The molecule has 248 valence electrons. The van der Waals surface area contributed by atoms with Gasteiger partial charge in [0.15, 0.2) is 0 Å². The quantitative estimate of drug-likeness (QED) is 0.193. The summed E-state index contributed by atoms with van der Waals surface area (Å²) in [5, 5.41) is 11.5. The van der Waals surface area contributed by atoms with Gasteiger partial charge in [-0.15, -0.1) is 11.3 Å². The zero-order valence-electron chi connectivity index (χ0n) is 28.6. The molecule has 0 amide bonds. The van der Waals surface area contributed by atoms with E-state index in [0.29, 0.717) is 0 Å². The van der Waals surface area contributed by atoms with Crippen LogP contribution in [0.2, 0.25) is 0 Å². The van der Waals surface area contributed by atoms with E-state index < -0.39 is 0 Å². The lowest BCUT2D eigenvalue weighted by Gasteiger charge is -2.33. The molecule has 0 fully saturated rings. The van der Waals surface area contributed by atoms with Crippen LogP contribution in [0.4, 0.5) is 0 Å². The van der Waals surface area contributed by atoms with Gasteiger partial charge in [0, 0.05) is 53.0 Å². The van der Waals surface area contributed by atoms with Gasteiger partial charge in [0.05, 0.1) is 18.1 Å². The first kappa shape index (κ1) is 29.6. The number of nitrogens with one attached hydrogen (secondary N) is 2. The lowest BCUT2D eigenvalue weighted by molar-refractivity contribution is -0.921. The molecule has 0 saturated carbocycles. The summed E-state index contributed by atoms with van der Waals surface area (Å²) in [5.74, 6) is 0. The van der Waals surface area contributed by atoms with Crippen LogP contribution >= 0.6 is 11.3 Å². The maximum absolute atomic E-state index is 6.43. The van der Waals surface area contributed by atoms with Gasteiger partial charge in [0.2, 0.25) is 6.29 Å². The van der Waals surface area contributed by atoms with Gasteiger partial charge in [0.25, 0.3) is 0 Å². The second-order valence-electron chi connectivity index (χ2n) is 14.0. The highest BCUT2D eigenvalue weighted by molar-refractivity contribution is 7.25. The van der Waals surface area contributed by atoms with Gasteiger partial charge in [-0.1, -0.05) is 109 Å². The minimum absolute atomic E-state index is 0.00425. The van der Waals surface area contributed by atoms with Crippen molar-refractivity contribution < 1.29 is 9.32 Å². The van der Waals surface area contributed by atoms with Crippen LogP contribution in [0.5, 0.6) is 0 Å². The first-order chi connectivity index (χ1) is 25.7. The third kappa shape index (κ3) is 4.50. The van der Waals surface area contributed by atoms with Crippen LogP contribution in [-0.2, 0) is 0 Å². The summed E-state index contributed by atoms with van der Waals surface area (Å²) in [7, 11) is 2.28. The highest BCUT2D eigenvalue weighted by Gasteiger charge is 2.29. The molecule has 52 heavy (non-hydrogen) atoms. The van der Waals surface area contributed by atoms with Crippen LogP contribution in [0.15, 0.2) is 162 Å². The summed E-state index contributed by atoms with van der Waals surface area (Å²) in [6, 6.07) is 55.1. The highest BCUT2D eigenvalue weighted by Crippen LogP contribution is 2.39. The Kier molecular flexibility index (Phi) is 6.51. The van der Waals surface area contributed by atoms with Crippen molar-refractivity contribution in [3.8, 4) is 22.3 Å². The molecule has 4 nitrogen and oxygen atoms in total. The zero-order valence-corrected chi connectivity index (χ0v) is 29.4. The number of aromatic nitrogens is 1. The van der Waals surface area contributed by atoms with Crippen LogP contribution < -0.4 is 10.2 Å². The second-order valence-corrected chi connectivity index (χ2v) is 15.1. The summed E-state index contributed by atoms with van der Waals surface area (Å²) in [4.78, 5) is 1.39. The largest absolute Gasteiger partial charge is 0.455 e. The van der Waals surface area contributed by atoms with Crippen molar-refractivity contribution in [1.29, 1.82) is 0 Å². The van der Waals surface area contributed by atoms with E-state index in [1.165, 1.54) is 69.3 Å². The molecule has 0 aliphatic carbocycles. The normalized spacial score (nSPS) is 16.4. The third-order valence-electron chi connectivity index (χ3n) is 11.0. The van der Waals surface area contributed by atoms with E-state index in [9.17, 15) is 0 Å². The fourth-order valence-corrected chi connectivity index (χ4v) is 9.47. The molecule has 11 rings (SSSR count). The molecule has 3 aromatic heterocycles. The molecule has 10 aromatic rings. The van der Waals surface area contributed by atoms with Crippen molar-refractivity contribution in [2.24, 2.45) is 0 Å². The number of nitrogens with zero attached hydrogens (tertiary/aromatic N) is 1. The molecule has 4 heterocycles. The summed E-state index contributed by atoms with van der Waals surface area (Å²) in [5.41, 5.74) is 11.3. The fraction of sp³-hybridized carbons (Fsp3) is 0.0638. The Morgan fingerprint density at radius 3 is 2.23 bits per heavy atom. The minimum Gasteiger partial charge on any atom is -0.455 e. The van der Waals surface area contributed by atoms with Crippen LogP contribution in [0.1, 0.15) is 11.9 Å². The molecule has 0 radical (unpaired) electrons. The topological polar surface area (TPSA) is 34.5 Å². The molecule has 2 atom stereocenters. The summed E-state index contributed by atoms with van der Waals surface area (Å²) < 4.78 is 11.6. The zero-order chi connectivity index (χ0) is 34.3. The lowest BCUT2D eigenvalue weighted by atomic mass is 9.97. The number of fused-ring (bicyclic) bond motifs is 9. The Morgan fingerprint density at radius 2 is 1.29 bits per heavy atom. The van der Waals surface area contributed by atoms with Gasteiger partial charge < -0.3 is 9.73 Å². The average Bonchev–Trinajstić information content (AvgIpc) is 3.87. The molecule has 2 unspecified atom stereocenters. The number of hydrogen-bond acceptors (Lipinski definition) is 3. The molecule has 5 heteroatoms. The van der Waals surface area contributed by atoms with Crippen molar-refractivity contribution in [3.63, 3.8) is 0 Å². The molecule has 2 N–H and O–H groups in total. The van der Waals surface area contributed by atoms with Gasteiger partial charge in [-0.25, -0.2) is 0 Å². The Morgan fingerprint density at radius 1 is 0.577 bits per heavy atom. The predicted molar refractivity (Wildman–Crippen MR) is 219 cm³/mol. The third-order valence-corrected chi connectivity index (χ3v) is 12.1. The average molecular weight is 689 g/mol. The van der Waals surface area contributed by atoms with E-state index in [0.717, 1.165) is 39.6 Å². The van der Waals surface area contributed by atoms with Crippen molar-refractivity contribution >= 4 is 81.0 Å². The number of para-hydroxylation sites is 3. The maximum atomic E-state index is 6.43. The van der Waals surface area contributed by atoms with Crippen LogP contribution in [0.25, 0.3) is 91.9 Å². The van der Waals surface area contributed by atoms with E-state index in [4.69, 9.17) is 4.42 Å². The molecule has 0 saturated heterocycles. The second kappa shape index (κ2) is 11.4. The van der Waals surface area contributed by atoms with Crippen molar-refractivity contribution in [1.82, 2.24) is 9.88 Å². The van der Waals surface area contributed by atoms with Gasteiger partial charge in [-0.3, -0.25) is 9.47 Å². The van der Waals surface area contributed by atoms with Crippen molar-refractivity contribution in [2.75, 3.05) is 13.6 Å². The number of furan rings is 1. The number of thiophene rings is 1. The van der Waals surface area contributed by atoms with Crippen LogP contribution in [0, 0.1) is 0 Å². The van der Waals surface area contributed by atoms with Gasteiger partial charge >= 0.3 is 0 Å². The maximum Gasteiger partial charge on any atom is 0.246 e. The summed E-state index contributed by atoms with van der Waals surface area (Å²) in [6.45, 7) is 0.915. The molecule has 1 aliphatic rings. The van der Waals surface area contributed by atoms with E-state index in [1.54, 1.807) is 0 Å². The van der Waals surface area contributed by atoms with Crippen LogP contribution in [0.3, 0.4) is 0 Å². The molecule has 1 aliphatic heterocycles. The Bertz CT molecular complexity index is 3070. The van der Waals surface area contributed by atoms with Crippen LogP contribution in [-0.4, -0.2) is 18.2 Å². The number of quaternary nitrogens is 1. The lowest BCUT2D eigenvalue weighted by Crippen LogP contribution is -3.12. The predicted octanol–water partition coefficient (Wildman–Crippen LogP) is 11.0. The van der Waals surface area contributed by atoms with Gasteiger partial charge in [-0.2, -0.15) is 0 Å². The van der Waals surface area contributed by atoms with Gasteiger partial charge in [0.1, 0.15) is 17.7 Å². The number of benzene rings is 7. The van der Waals surface area contributed by atoms with E-state index in [1.807, 2.05) is 23.5 Å². The minimum atomic E-state index is 0.00425. The van der Waals surface area contributed by atoms with Crippen molar-refractivity contribution in [2.45, 2.75) is 6.29 Å². The fourth-order valence-electron chi connectivity index (χ4n) is 8.38. The van der Waals surface area contributed by atoms with E-state index >= 15 is 0 Å². The summed E-state index contributed by atoms with van der Waals surface area (Å²) in [6.07, 6.45) is 2.36. The van der Waals surface area contributed by atoms with E-state index in [-0.39, 0.29) is 6.29 Å². The first-order valence-corrected chi connectivity index (χ1v) is 18.7. The molecule has 0 bridgehead atoms. The Balaban J connectivity index is 1.02.